The fourth-order valence-electron chi connectivity index (χ4n) is 14.5. The Morgan fingerprint density at radius 2 is 0.281 bits per heavy atom. The number of carbonyl (C=O) groups excluding carboxylic acids is 4. The molecule has 4 radical (unpaired) electrons. The zero-order valence-corrected chi connectivity index (χ0v) is 89.2. The van der Waals surface area contributed by atoms with E-state index in [1.165, 1.54) is 437 Å². The number of esters is 4. The summed E-state index contributed by atoms with van der Waals surface area (Å²) in [6.07, 6.45) is 123. The summed E-state index contributed by atoms with van der Waals surface area (Å²) in [5, 5.41) is 0. The third-order valence-corrected chi connectivity index (χ3v) is 22.6. The van der Waals surface area contributed by atoms with Crippen LogP contribution in [0, 0.1) is 0 Å². The van der Waals surface area contributed by atoms with Crippen molar-refractivity contribution in [2.45, 2.75) is 556 Å². The van der Waals surface area contributed by atoms with Crippen LogP contribution in [0.15, 0.2) is 48.6 Å². The van der Waals surface area contributed by atoms with E-state index in [4.69, 9.17) is 69.5 Å². The van der Waals surface area contributed by atoms with Crippen LogP contribution in [0.25, 0.3) is 0 Å². The van der Waals surface area contributed by atoms with Gasteiger partial charge in [0.05, 0.1) is 26.4 Å². The van der Waals surface area contributed by atoms with Gasteiger partial charge in [0.2, 0.25) is 0 Å². The SMILES string of the molecule is C.C.CCCCCCCCCCC/C=C/CCCCCCCCCCC(=O)OCC[S-].CCCCCCCCCCC/C=C/CCCCCCCCCCC(=O)OCC[S-].CCCCCCCCCCC/C=C/CCCCCCCCCCC(=O)OCC[S-].CCCCCCCCCCC/C=C/CCCCCCCCCCC(=O)OCC[S-].S.[Sn+2].[Sn+2]. The molecule has 0 aromatic heterocycles. The van der Waals surface area contributed by atoms with Crippen LogP contribution in [0.3, 0.4) is 0 Å². The fraction of sp³-hybridized carbons (Fsp3) is 0.887. The van der Waals surface area contributed by atoms with Gasteiger partial charge >= 0.3 is 71.7 Å². The molecule has 0 saturated carbocycles. The average Bonchev–Trinajstić information content (AvgIpc) is 1.07. The zero-order chi connectivity index (χ0) is 85.0. The molecule has 0 amide bonds. The molecule has 0 aliphatic heterocycles. The molecule has 0 atom stereocenters. The van der Waals surface area contributed by atoms with E-state index in [1.54, 1.807) is 0 Å². The molecule has 0 fully saturated rings. The van der Waals surface area contributed by atoms with Gasteiger partial charge in [-0.15, -0.1) is 23.0 Å². The van der Waals surface area contributed by atoms with Crippen molar-refractivity contribution in [1.29, 1.82) is 0 Å². The van der Waals surface area contributed by atoms with Gasteiger partial charge in [-0.25, -0.2) is 0 Å². The number of ether oxygens (including phenoxy) is 4. The van der Waals surface area contributed by atoms with Crippen molar-refractivity contribution >= 4 is 136 Å². The Morgan fingerprint density at radius 1 is 0.182 bits per heavy atom. The maximum Gasteiger partial charge on any atom is 2.00 e. The molecular weight excluding hydrogens is 1800 g/mol. The van der Waals surface area contributed by atoms with Crippen LogP contribution in [0.5, 0.6) is 0 Å². The number of unbranched alkanes of at least 4 members (excludes halogenated alkanes) is 68. The van der Waals surface area contributed by atoms with Crippen molar-refractivity contribution in [3.05, 3.63) is 48.6 Å². The molecule has 0 saturated heterocycles. The van der Waals surface area contributed by atoms with E-state index in [-0.39, 0.29) is 100 Å². The molecule has 0 rings (SSSR count). The second kappa shape index (κ2) is 136. The molecule has 0 N–H and O–H groups in total. The topological polar surface area (TPSA) is 105 Å². The van der Waals surface area contributed by atoms with Crippen molar-refractivity contribution in [2.75, 3.05) is 49.4 Å². The van der Waals surface area contributed by atoms with Crippen molar-refractivity contribution in [3.63, 3.8) is 0 Å². The maximum atomic E-state index is 11.3. The Labute approximate surface area is 820 Å². The maximum absolute atomic E-state index is 11.3. The van der Waals surface area contributed by atoms with Crippen LogP contribution < -0.4 is 0 Å². The second-order valence-corrected chi connectivity index (χ2v) is 35.2. The van der Waals surface area contributed by atoms with E-state index in [2.05, 4.69) is 76.3 Å². The summed E-state index contributed by atoms with van der Waals surface area (Å²) in [5.74, 6) is 1.67. The van der Waals surface area contributed by atoms with Gasteiger partial charge in [0.1, 0.15) is 0 Å². The van der Waals surface area contributed by atoms with Crippen molar-refractivity contribution < 1.29 is 38.1 Å². The van der Waals surface area contributed by atoms with E-state index in [1.807, 2.05) is 0 Å². The second-order valence-electron chi connectivity index (χ2n) is 33.5. The van der Waals surface area contributed by atoms with E-state index >= 15 is 0 Å². The predicted octanol–water partition coefficient (Wildman–Crippen LogP) is 34.4. The van der Waals surface area contributed by atoms with Crippen LogP contribution >= 0.6 is 13.5 Å². The molecule has 15 heteroatoms. The van der Waals surface area contributed by atoms with Crippen LogP contribution in [-0.4, -0.2) is 121 Å². The molecule has 0 bridgehead atoms. The minimum Gasteiger partial charge on any atom is -0.789 e. The molecule has 0 aliphatic carbocycles. The van der Waals surface area contributed by atoms with Crippen LogP contribution in [0.4, 0.5) is 0 Å². The molecule has 0 aromatic rings. The first-order valence-electron chi connectivity index (χ1n) is 50.8. The molecule has 0 spiro atoms. The van der Waals surface area contributed by atoms with Gasteiger partial charge in [0.15, 0.2) is 0 Å². The van der Waals surface area contributed by atoms with Gasteiger partial charge < -0.3 is 69.5 Å². The third-order valence-electron chi connectivity index (χ3n) is 22.0. The first kappa shape index (κ1) is 139. The Kier molecular flexibility index (Phi) is 156. The van der Waals surface area contributed by atoms with E-state index < -0.39 is 0 Å². The fourth-order valence-corrected chi connectivity index (χ4v) is 14.8. The summed E-state index contributed by atoms with van der Waals surface area (Å²) in [5.41, 5.74) is 0. The van der Waals surface area contributed by atoms with Crippen molar-refractivity contribution in [2.24, 2.45) is 0 Å². The van der Waals surface area contributed by atoms with Gasteiger partial charge in [-0.05, 0) is 128 Å². The molecule has 121 heavy (non-hydrogen) atoms. The van der Waals surface area contributed by atoms with Crippen molar-refractivity contribution in [1.82, 2.24) is 0 Å². The molecule has 716 valence electrons. The number of carbonyl (C=O) groups is 4. The summed E-state index contributed by atoms with van der Waals surface area (Å²) in [6.45, 7) is 10.7. The molecule has 0 aliphatic rings. The molecule has 0 aromatic carbocycles. The number of rotatable bonds is 92. The Hall–Kier alpha value is 0.187. The monoisotopic (exact) mass is 2010 g/mol. The summed E-state index contributed by atoms with van der Waals surface area (Å²) >= 11 is 19.0. The van der Waals surface area contributed by atoms with Crippen LogP contribution in [-0.2, 0) is 88.6 Å². The Bertz CT molecular complexity index is 1710. The number of hydrogen-bond acceptors (Lipinski definition) is 12. The largest absolute Gasteiger partial charge is 2.00 e. The normalized spacial score (nSPS) is 10.9. The van der Waals surface area contributed by atoms with Gasteiger partial charge in [-0.2, -0.15) is 13.5 Å². The third kappa shape index (κ3) is 143. The Morgan fingerprint density at radius 3 is 0.388 bits per heavy atom. The smallest absolute Gasteiger partial charge is 0.789 e. The van der Waals surface area contributed by atoms with Gasteiger partial charge in [-0.1, -0.05) is 451 Å². The van der Waals surface area contributed by atoms with Crippen molar-refractivity contribution in [3.8, 4) is 0 Å². The van der Waals surface area contributed by atoms with Gasteiger partial charge in [0.25, 0.3) is 0 Å². The first-order chi connectivity index (χ1) is 57.2. The summed E-state index contributed by atoms with van der Waals surface area (Å²) in [4.78, 5) is 45.3. The average molecular weight is 2010 g/mol. The van der Waals surface area contributed by atoms with E-state index in [0.29, 0.717) is 75.1 Å². The molecule has 0 unspecified atom stereocenters. The number of hydrogen-bond donors (Lipinski definition) is 0. The number of allylic oxidation sites excluding steroid dienone is 8. The predicted molar refractivity (Wildman–Crippen MR) is 557 cm³/mol. The first-order valence-corrected chi connectivity index (χ1v) is 53.1. The minimum atomic E-state index is -0.0827. The van der Waals surface area contributed by atoms with E-state index in [0.717, 1.165) is 51.4 Å². The summed E-state index contributed by atoms with van der Waals surface area (Å²) in [6, 6.07) is 0. The minimum absolute atomic E-state index is 0. The van der Waals surface area contributed by atoms with Gasteiger partial charge in [-0.3, -0.25) is 19.2 Å². The summed E-state index contributed by atoms with van der Waals surface area (Å²) in [7, 11) is 0. The molecular formula is C106H206O8S5Sn2. The van der Waals surface area contributed by atoms with Gasteiger partial charge in [0, 0.05) is 25.7 Å². The quantitative estimate of drug-likeness (QED) is 0.0145. The zero-order valence-electron chi connectivity index (χ0n) is 79.2. The standard InChI is InChI=1S/4C26H50O2S.2CH4.H2S.2Sn/c4*1-2-3-4-5-6-7-8-9-10-11-12-13-14-15-16-17-18-19-20-21-22-23-26(27)28-24-25-29;;;;;/h4*12-13,29H,2-11,14-25H2,1H3;2*1H4;1H2;;/q;;;;;;;2*+2/p-4/b4*13-12+;;;;;. The summed E-state index contributed by atoms with van der Waals surface area (Å²) < 4.78 is 19.9. The van der Waals surface area contributed by atoms with Crippen LogP contribution in [0.1, 0.15) is 556 Å². The molecule has 0 heterocycles. The Balaban J connectivity index is -0.000000195. The molecule has 8 nitrogen and oxygen atoms in total. The van der Waals surface area contributed by atoms with Crippen LogP contribution in [0.2, 0.25) is 0 Å². The van der Waals surface area contributed by atoms with E-state index in [9.17, 15) is 19.2 Å².